The van der Waals surface area contributed by atoms with Gasteiger partial charge in [-0.25, -0.2) is 0 Å². The predicted octanol–water partition coefficient (Wildman–Crippen LogP) is 5.03. The highest BCUT2D eigenvalue weighted by Gasteiger charge is 2.35. The predicted molar refractivity (Wildman–Crippen MR) is 111 cm³/mol. The highest BCUT2D eigenvalue weighted by Crippen LogP contribution is 2.35. The third-order valence-corrected chi connectivity index (χ3v) is 5.19. The molecule has 0 radical (unpaired) electrons. The number of imide groups is 1. The van der Waals surface area contributed by atoms with Gasteiger partial charge in [-0.05, 0) is 54.4 Å². The maximum absolute atomic E-state index is 12.7. The van der Waals surface area contributed by atoms with Gasteiger partial charge in [0.05, 0.1) is 25.2 Å². The van der Waals surface area contributed by atoms with Crippen molar-refractivity contribution in [2.45, 2.75) is 26.8 Å². The fourth-order valence-electron chi connectivity index (χ4n) is 2.77. The summed E-state index contributed by atoms with van der Waals surface area (Å²) < 4.78 is 11.0. The number of rotatable bonds is 7. The molecule has 0 atom stereocenters. The summed E-state index contributed by atoms with van der Waals surface area (Å²) in [6.45, 7) is 4.91. The van der Waals surface area contributed by atoms with E-state index in [4.69, 9.17) is 9.47 Å². The lowest BCUT2D eigenvalue weighted by atomic mass is 10.1. The minimum absolute atomic E-state index is 0.258. The van der Waals surface area contributed by atoms with Crippen LogP contribution < -0.4 is 9.47 Å². The zero-order valence-electron chi connectivity index (χ0n) is 16.2. The van der Waals surface area contributed by atoms with E-state index in [0.717, 1.165) is 34.9 Å². The number of carbonyl (C=O) groups is 2. The highest BCUT2D eigenvalue weighted by molar-refractivity contribution is 8.18. The van der Waals surface area contributed by atoms with Crippen molar-refractivity contribution in [3.8, 4) is 11.5 Å². The fraction of sp³-hybridized carbons (Fsp3) is 0.273. The molecular weight excluding hydrogens is 374 g/mol. The monoisotopic (exact) mass is 397 g/mol. The van der Waals surface area contributed by atoms with E-state index < -0.39 is 0 Å². The zero-order chi connectivity index (χ0) is 20.1. The number of ether oxygens (including phenoxy) is 2. The van der Waals surface area contributed by atoms with Crippen molar-refractivity contribution in [3.05, 3.63) is 64.1 Å². The molecule has 146 valence electrons. The minimum atomic E-state index is -0.277. The van der Waals surface area contributed by atoms with Gasteiger partial charge in [0.25, 0.3) is 11.1 Å². The van der Waals surface area contributed by atoms with E-state index in [1.807, 2.05) is 50.2 Å². The Morgan fingerprint density at radius 1 is 1.07 bits per heavy atom. The third-order valence-electron chi connectivity index (χ3n) is 4.28. The van der Waals surface area contributed by atoms with Gasteiger partial charge in [0.2, 0.25) is 0 Å². The van der Waals surface area contributed by atoms with Gasteiger partial charge in [0, 0.05) is 0 Å². The van der Waals surface area contributed by atoms with Crippen molar-refractivity contribution in [1.82, 2.24) is 4.90 Å². The number of carbonyl (C=O) groups excluding carboxylic acids is 2. The largest absolute Gasteiger partial charge is 0.493 e. The molecule has 1 fully saturated rings. The van der Waals surface area contributed by atoms with Gasteiger partial charge >= 0.3 is 0 Å². The van der Waals surface area contributed by atoms with Crippen molar-refractivity contribution >= 4 is 29.0 Å². The molecule has 1 saturated heterocycles. The lowest BCUT2D eigenvalue weighted by molar-refractivity contribution is -0.123. The van der Waals surface area contributed by atoms with Crippen LogP contribution in [0.5, 0.6) is 11.5 Å². The van der Waals surface area contributed by atoms with Crippen LogP contribution in [0.15, 0.2) is 47.4 Å². The van der Waals surface area contributed by atoms with Gasteiger partial charge < -0.3 is 9.47 Å². The second-order valence-electron chi connectivity index (χ2n) is 6.51. The molecule has 3 rings (SSSR count). The summed E-state index contributed by atoms with van der Waals surface area (Å²) in [5, 5.41) is -0.258. The van der Waals surface area contributed by atoms with Crippen molar-refractivity contribution in [2.24, 2.45) is 0 Å². The van der Waals surface area contributed by atoms with E-state index >= 15 is 0 Å². The highest BCUT2D eigenvalue weighted by atomic mass is 32.2. The van der Waals surface area contributed by atoms with Crippen LogP contribution in [0.2, 0.25) is 0 Å². The van der Waals surface area contributed by atoms with Gasteiger partial charge in [0.1, 0.15) is 0 Å². The van der Waals surface area contributed by atoms with Crippen LogP contribution in [0.1, 0.15) is 30.0 Å². The zero-order valence-corrected chi connectivity index (χ0v) is 17.0. The topological polar surface area (TPSA) is 55.8 Å². The van der Waals surface area contributed by atoms with E-state index in [0.29, 0.717) is 23.0 Å². The molecule has 2 aromatic rings. The number of methoxy groups -OCH3 is 1. The quantitative estimate of drug-likeness (QED) is 0.614. The van der Waals surface area contributed by atoms with Crippen LogP contribution in [0.3, 0.4) is 0 Å². The number of thioether (sulfide) groups is 1. The molecule has 0 aliphatic carbocycles. The Morgan fingerprint density at radius 2 is 1.82 bits per heavy atom. The third kappa shape index (κ3) is 4.57. The maximum atomic E-state index is 12.7. The minimum Gasteiger partial charge on any atom is -0.493 e. The molecule has 0 aromatic heterocycles. The SMILES string of the molecule is CCCOc1ccc(/C=C2\SC(=O)N(Cc3ccc(C)cc3)C2=O)cc1OC. The lowest BCUT2D eigenvalue weighted by Gasteiger charge is -2.12. The average Bonchev–Trinajstić information content (AvgIpc) is 2.95. The van der Waals surface area contributed by atoms with Gasteiger partial charge in [0.15, 0.2) is 11.5 Å². The van der Waals surface area contributed by atoms with Gasteiger partial charge in [-0.2, -0.15) is 0 Å². The number of benzene rings is 2. The van der Waals surface area contributed by atoms with Crippen molar-refractivity contribution in [2.75, 3.05) is 13.7 Å². The van der Waals surface area contributed by atoms with Crippen LogP contribution in [0.4, 0.5) is 4.79 Å². The summed E-state index contributed by atoms with van der Waals surface area (Å²) in [6, 6.07) is 13.3. The average molecular weight is 397 g/mol. The molecule has 0 bridgehead atoms. The first-order valence-corrected chi connectivity index (χ1v) is 9.95. The molecule has 6 heteroatoms. The molecule has 0 spiro atoms. The second-order valence-corrected chi connectivity index (χ2v) is 7.51. The lowest BCUT2D eigenvalue weighted by Crippen LogP contribution is -2.27. The van der Waals surface area contributed by atoms with Crippen molar-refractivity contribution in [1.29, 1.82) is 0 Å². The summed E-state index contributed by atoms with van der Waals surface area (Å²) in [5.74, 6) is 0.982. The molecule has 0 N–H and O–H groups in total. The second kappa shape index (κ2) is 8.97. The summed E-state index contributed by atoms with van der Waals surface area (Å²) in [5.41, 5.74) is 2.84. The summed E-state index contributed by atoms with van der Waals surface area (Å²) in [6.07, 6.45) is 2.62. The molecule has 0 unspecified atom stereocenters. The van der Waals surface area contributed by atoms with Crippen LogP contribution in [-0.2, 0) is 11.3 Å². The Bertz CT molecular complexity index is 905. The number of aryl methyl sites for hydroxylation is 1. The van der Waals surface area contributed by atoms with E-state index in [9.17, 15) is 9.59 Å². The normalized spacial score (nSPS) is 15.4. The molecule has 2 amide bonds. The summed E-state index contributed by atoms with van der Waals surface area (Å²) in [4.78, 5) is 26.7. The molecule has 1 heterocycles. The first-order valence-electron chi connectivity index (χ1n) is 9.13. The molecule has 1 aliphatic heterocycles. The van der Waals surface area contributed by atoms with Gasteiger partial charge in [-0.3, -0.25) is 14.5 Å². The number of hydrogen-bond acceptors (Lipinski definition) is 5. The summed E-state index contributed by atoms with van der Waals surface area (Å²) in [7, 11) is 1.58. The smallest absolute Gasteiger partial charge is 0.293 e. The summed E-state index contributed by atoms with van der Waals surface area (Å²) >= 11 is 0.957. The Labute approximate surface area is 169 Å². The first kappa shape index (κ1) is 20.0. The Kier molecular flexibility index (Phi) is 6.41. The van der Waals surface area contributed by atoms with E-state index in [2.05, 4.69) is 0 Å². The van der Waals surface area contributed by atoms with Crippen molar-refractivity contribution < 1.29 is 19.1 Å². The Hall–Kier alpha value is -2.73. The van der Waals surface area contributed by atoms with E-state index in [1.165, 1.54) is 4.90 Å². The molecule has 1 aliphatic rings. The van der Waals surface area contributed by atoms with Crippen molar-refractivity contribution in [3.63, 3.8) is 0 Å². The van der Waals surface area contributed by atoms with Gasteiger partial charge in [-0.1, -0.05) is 42.8 Å². The molecular formula is C22H23NO4S. The van der Waals surface area contributed by atoms with E-state index in [1.54, 1.807) is 19.3 Å². The van der Waals surface area contributed by atoms with Crippen LogP contribution in [0, 0.1) is 6.92 Å². The van der Waals surface area contributed by atoms with Gasteiger partial charge in [-0.15, -0.1) is 0 Å². The Morgan fingerprint density at radius 3 is 2.50 bits per heavy atom. The number of hydrogen-bond donors (Lipinski definition) is 0. The maximum Gasteiger partial charge on any atom is 0.293 e. The molecule has 0 saturated carbocycles. The van der Waals surface area contributed by atoms with E-state index in [-0.39, 0.29) is 17.7 Å². The molecule has 2 aromatic carbocycles. The van der Waals surface area contributed by atoms with Crippen LogP contribution in [-0.4, -0.2) is 29.8 Å². The fourth-order valence-corrected chi connectivity index (χ4v) is 3.61. The number of nitrogens with zero attached hydrogens (tertiary/aromatic N) is 1. The van der Waals surface area contributed by atoms with Crippen LogP contribution in [0.25, 0.3) is 6.08 Å². The first-order chi connectivity index (χ1) is 13.5. The standard InChI is InChI=1S/C22H23NO4S/c1-4-11-27-18-10-9-17(12-19(18)26-3)13-20-21(24)23(22(25)28-20)14-16-7-5-15(2)6-8-16/h5-10,12-13H,4,11,14H2,1-3H3/b20-13-. The Balaban J connectivity index is 1.78. The molecule has 28 heavy (non-hydrogen) atoms. The number of amides is 2. The molecule has 5 nitrogen and oxygen atoms in total. The van der Waals surface area contributed by atoms with Crippen LogP contribution >= 0.6 is 11.8 Å².